The van der Waals surface area contributed by atoms with Gasteiger partial charge in [-0.15, -0.1) is 0 Å². The van der Waals surface area contributed by atoms with Gasteiger partial charge in [-0.2, -0.15) is 11.3 Å². The van der Waals surface area contributed by atoms with Crippen LogP contribution in [-0.4, -0.2) is 44.9 Å². The first-order chi connectivity index (χ1) is 14.2. The van der Waals surface area contributed by atoms with Crippen molar-refractivity contribution in [3.8, 4) is 0 Å². The van der Waals surface area contributed by atoms with Crippen molar-refractivity contribution >= 4 is 46.0 Å². The smallest absolute Gasteiger partial charge is 0.323 e. The van der Waals surface area contributed by atoms with Crippen LogP contribution in [0.25, 0.3) is 0 Å². The Morgan fingerprint density at radius 2 is 2.07 bits per heavy atom. The molecule has 2 heterocycles. The van der Waals surface area contributed by atoms with Gasteiger partial charge in [0.25, 0.3) is 16.5 Å². The summed E-state index contributed by atoms with van der Waals surface area (Å²) in [5.41, 5.74) is 0.781. The van der Waals surface area contributed by atoms with E-state index < -0.39 is 44.7 Å². The molecule has 3 rings (SSSR count). The van der Waals surface area contributed by atoms with E-state index in [-0.39, 0.29) is 18.8 Å². The summed E-state index contributed by atoms with van der Waals surface area (Å²) in [6, 6.07) is 7.03. The largest absolute Gasteiger partial charge is 0.614 e. The Bertz CT molecular complexity index is 963. The predicted octanol–water partition coefficient (Wildman–Crippen LogP) is 0.804. The van der Waals surface area contributed by atoms with Crippen molar-refractivity contribution in [2.24, 2.45) is 0 Å². The maximum absolute atomic E-state index is 12.9. The standard InChI is InChI=1S/C18H17N3O7S2/c1-30(27)18(10-19-17(18)24)20-15(22)14(12-6-7-29-9-12)16(23)28-8-11-2-4-13(5-3-11)21(25)26/h2-7,9,14H,8,10H2,1H3,(H,19,24)(H,20,22)/t14?,18-,30?/m0/s1. The monoisotopic (exact) mass is 451 g/mol. The minimum atomic E-state index is -1.70. The Kier molecular flexibility index (Phi) is 6.39. The molecule has 1 aliphatic heterocycles. The van der Waals surface area contributed by atoms with E-state index in [4.69, 9.17) is 4.74 Å². The van der Waals surface area contributed by atoms with Gasteiger partial charge in [-0.1, -0.05) is 0 Å². The first-order valence-corrected chi connectivity index (χ1v) is 11.1. The molecular weight excluding hydrogens is 434 g/mol. The molecule has 2 amide bonds. The van der Waals surface area contributed by atoms with Crippen molar-refractivity contribution in [2.45, 2.75) is 17.4 Å². The molecule has 0 saturated carbocycles. The molecule has 1 fully saturated rings. The molecule has 1 aliphatic rings. The summed E-state index contributed by atoms with van der Waals surface area (Å²) in [6.45, 7) is -0.203. The molecular formula is C18H17N3O7S2. The van der Waals surface area contributed by atoms with Gasteiger partial charge in [-0.25, -0.2) is 0 Å². The summed E-state index contributed by atoms with van der Waals surface area (Å²) in [7, 11) is 0. The van der Waals surface area contributed by atoms with Crippen molar-refractivity contribution in [2.75, 3.05) is 12.8 Å². The van der Waals surface area contributed by atoms with Gasteiger partial charge in [-0.05, 0) is 51.3 Å². The van der Waals surface area contributed by atoms with E-state index in [1.165, 1.54) is 41.9 Å². The van der Waals surface area contributed by atoms with E-state index >= 15 is 0 Å². The molecule has 1 saturated heterocycles. The molecule has 2 aromatic rings. The number of hydrogen-bond acceptors (Lipinski definition) is 8. The molecule has 2 unspecified atom stereocenters. The fourth-order valence-corrected chi connectivity index (χ4v) is 4.32. The lowest BCUT2D eigenvalue weighted by molar-refractivity contribution is -0.384. The third-order valence-electron chi connectivity index (χ3n) is 4.58. The number of nitrogens with zero attached hydrogens (tertiary/aromatic N) is 1. The summed E-state index contributed by atoms with van der Waals surface area (Å²) in [4.78, 5) is 46.1. The Morgan fingerprint density at radius 3 is 2.53 bits per heavy atom. The average Bonchev–Trinajstić information content (AvgIpc) is 3.23. The third kappa shape index (κ3) is 4.30. The number of thiophene rings is 1. The van der Waals surface area contributed by atoms with Crippen molar-refractivity contribution in [3.63, 3.8) is 0 Å². The molecule has 1 aromatic heterocycles. The number of rotatable bonds is 8. The molecule has 1 aromatic carbocycles. The number of hydrogen-bond donors (Lipinski definition) is 2. The Labute approximate surface area is 177 Å². The van der Waals surface area contributed by atoms with Crippen LogP contribution in [0.1, 0.15) is 17.0 Å². The van der Waals surface area contributed by atoms with Crippen LogP contribution in [0.2, 0.25) is 0 Å². The molecule has 12 heteroatoms. The Hall–Kier alpha value is -2.96. The fourth-order valence-electron chi connectivity index (χ4n) is 2.78. The maximum atomic E-state index is 12.9. The first kappa shape index (κ1) is 21.7. The van der Waals surface area contributed by atoms with Gasteiger partial charge in [0.1, 0.15) is 6.61 Å². The second-order valence-corrected chi connectivity index (χ2v) is 8.86. The normalized spacial score (nSPS) is 19.7. The van der Waals surface area contributed by atoms with E-state index in [1.807, 2.05) is 0 Å². The van der Waals surface area contributed by atoms with E-state index in [0.717, 1.165) is 0 Å². The topological polar surface area (TPSA) is 151 Å². The predicted molar refractivity (Wildman–Crippen MR) is 108 cm³/mol. The van der Waals surface area contributed by atoms with Crippen LogP contribution in [0.3, 0.4) is 0 Å². The van der Waals surface area contributed by atoms with Gasteiger partial charge in [0.05, 0.1) is 17.7 Å². The summed E-state index contributed by atoms with van der Waals surface area (Å²) in [6.07, 6.45) is 1.30. The molecule has 30 heavy (non-hydrogen) atoms. The van der Waals surface area contributed by atoms with Gasteiger partial charge >= 0.3 is 5.97 Å². The Morgan fingerprint density at radius 1 is 1.37 bits per heavy atom. The summed E-state index contributed by atoms with van der Waals surface area (Å²) >= 11 is -0.422. The molecule has 0 radical (unpaired) electrons. The highest BCUT2D eigenvalue weighted by Crippen LogP contribution is 2.26. The maximum Gasteiger partial charge on any atom is 0.323 e. The van der Waals surface area contributed by atoms with Crippen LogP contribution in [-0.2, 0) is 36.9 Å². The van der Waals surface area contributed by atoms with Gasteiger partial charge in [0, 0.05) is 12.1 Å². The summed E-state index contributed by atoms with van der Waals surface area (Å²) in [5.74, 6) is -3.60. The van der Waals surface area contributed by atoms with Gasteiger partial charge in [0.2, 0.25) is 5.91 Å². The second kappa shape index (κ2) is 8.81. The molecule has 158 valence electrons. The molecule has 10 nitrogen and oxygen atoms in total. The highest BCUT2D eigenvalue weighted by molar-refractivity contribution is 7.93. The van der Waals surface area contributed by atoms with E-state index in [0.29, 0.717) is 11.1 Å². The van der Waals surface area contributed by atoms with Crippen LogP contribution in [0.15, 0.2) is 41.1 Å². The number of benzene rings is 1. The number of nitrogens with one attached hydrogen (secondary N) is 2. The number of nitro benzene ring substituents is 1. The number of esters is 1. The first-order valence-electron chi connectivity index (χ1n) is 8.60. The van der Waals surface area contributed by atoms with Crippen molar-refractivity contribution < 1.29 is 28.6 Å². The third-order valence-corrected chi connectivity index (χ3v) is 6.70. The minimum Gasteiger partial charge on any atom is -0.614 e. The molecule has 2 N–H and O–H groups in total. The molecule has 0 aliphatic carbocycles. The van der Waals surface area contributed by atoms with Gasteiger partial charge in [0.15, 0.2) is 5.92 Å². The van der Waals surface area contributed by atoms with Crippen LogP contribution in [0.4, 0.5) is 5.69 Å². The number of carbonyl (C=O) groups excluding carboxylic acids is 3. The van der Waals surface area contributed by atoms with Crippen molar-refractivity contribution in [3.05, 3.63) is 62.3 Å². The summed E-state index contributed by atoms with van der Waals surface area (Å²) in [5, 5.41) is 18.9. The van der Waals surface area contributed by atoms with Crippen molar-refractivity contribution in [1.29, 1.82) is 0 Å². The quantitative estimate of drug-likeness (QED) is 0.150. The second-order valence-electron chi connectivity index (χ2n) is 6.47. The lowest BCUT2D eigenvalue weighted by atomic mass is 10.00. The zero-order chi connectivity index (χ0) is 21.9. The lowest BCUT2D eigenvalue weighted by Crippen LogP contribution is -2.76. The van der Waals surface area contributed by atoms with E-state index in [9.17, 15) is 29.1 Å². The van der Waals surface area contributed by atoms with Gasteiger partial charge < -0.3 is 14.6 Å². The SMILES string of the molecule is C[S+]([O-])[C@@]1(NC(=O)C(C(=O)OCc2ccc([N+](=O)[O-])cc2)c2ccsc2)CNC1=O. The zero-order valence-corrected chi connectivity index (χ0v) is 17.3. The summed E-state index contributed by atoms with van der Waals surface area (Å²) < 4.78 is 17.3. The minimum absolute atomic E-state index is 0.00508. The van der Waals surface area contributed by atoms with Crippen molar-refractivity contribution in [1.82, 2.24) is 10.6 Å². The number of ether oxygens (including phenoxy) is 1. The zero-order valence-electron chi connectivity index (χ0n) is 15.7. The molecule has 3 atom stereocenters. The Balaban J connectivity index is 1.73. The molecule has 0 bridgehead atoms. The fraction of sp³-hybridized carbons (Fsp3) is 0.278. The average molecular weight is 451 g/mol. The van der Waals surface area contributed by atoms with Gasteiger partial charge in [-0.3, -0.25) is 29.8 Å². The number of carbonyl (C=O) groups is 3. The number of non-ortho nitro benzene ring substituents is 1. The van der Waals surface area contributed by atoms with Crippen LogP contribution in [0.5, 0.6) is 0 Å². The highest BCUT2D eigenvalue weighted by Gasteiger charge is 2.57. The van der Waals surface area contributed by atoms with Crippen LogP contribution >= 0.6 is 11.3 Å². The molecule has 0 spiro atoms. The highest BCUT2D eigenvalue weighted by atomic mass is 32.2. The number of amides is 2. The van der Waals surface area contributed by atoms with E-state index in [1.54, 1.807) is 16.8 Å². The lowest BCUT2D eigenvalue weighted by Gasteiger charge is -2.40. The van der Waals surface area contributed by atoms with Crippen LogP contribution in [0, 0.1) is 10.1 Å². The number of β-lactam (4-membered cyclic amide) rings is 1. The van der Waals surface area contributed by atoms with Crippen LogP contribution < -0.4 is 10.6 Å². The number of nitro groups is 1. The van der Waals surface area contributed by atoms with E-state index in [2.05, 4.69) is 10.6 Å².